The molecule has 2 aromatic carbocycles. The van der Waals surface area contributed by atoms with Crippen molar-refractivity contribution in [2.75, 3.05) is 0 Å². The first-order valence-corrected chi connectivity index (χ1v) is 7.24. The van der Waals surface area contributed by atoms with E-state index in [-0.39, 0.29) is 11.2 Å². The lowest BCUT2D eigenvalue weighted by Gasteiger charge is -2.21. The molecule has 0 amide bonds. The zero-order valence-corrected chi connectivity index (χ0v) is 13.7. The van der Waals surface area contributed by atoms with Crippen molar-refractivity contribution in [2.24, 2.45) is 10.2 Å². The summed E-state index contributed by atoms with van der Waals surface area (Å²) < 4.78 is 0. The van der Waals surface area contributed by atoms with E-state index in [1.807, 2.05) is 40.7 Å². The van der Waals surface area contributed by atoms with Gasteiger partial charge in [-0.25, -0.2) is 0 Å². The van der Waals surface area contributed by atoms with Crippen LogP contribution in [0.25, 0.3) is 0 Å². The number of hydrogen-bond donors (Lipinski definition) is 2. The average Bonchev–Trinajstić information content (AvgIpc) is 2.42. The maximum atomic E-state index is 10.2. The highest BCUT2D eigenvalue weighted by molar-refractivity contribution is 5.54. The molecule has 4 nitrogen and oxygen atoms in total. The number of nitrogens with zero attached hydrogens (tertiary/aromatic N) is 2. The summed E-state index contributed by atoms with van der Waals surface area (Å²) in [4.78, 5) is 0. The second-order valence-corrected chi connectivity index (χ2v) is 6.58. The molecule has 0 bridgehead atoms. The summed E-state index contributed by atoms with van der Waals surface area (Å²) >= 11 is 0. The maximum absolute atomic E-state index is 10.2. The Morgan fingerprint density at radius 3 is 2.00 bits per heavy atom. The van der Waals surface area contributed by atoms with Crippen LogP contribution in [0, 0.1) is 13.8 Å². The second kappa shape index (κ2) is 5.79. The fraction of sp³-hybridized carbons (Fsp3) is 0.333. The molecule has 0 atom stereocenters. The second-order valence-electron chi connectivity index (χ2n) is 6.58. The van der Waals surface area contributed by atoms with Gasteiger partial charge in [0.05, 0.1) is 11.4 Å². The van der Waals surface area contributed by atoms with Gasteiger partial charge >= 0.3 is 0 Å². The molecule has 0 aliphatic heterocycles. The lowest BCUT2D eigenvalue weighted by Crippen LogP contribution is -2.11. The van der Waals surface area contributed by atoms with Gasteiger partial charge in [0, 0.05) is 5.56 Å². The first-order chi connectivity index (χ1) is 10.2. The van der Waals surface area contributed by atoms with Gasteiger partial charge in [-0.05, 0) is 60.7 Å². The molecule has 0 saturated heterocycles. The van der Waals surface area contributed by atoms with Gasteiger partial charge in [-0.2, -0.15) is 10.2 Å². The normalized spacial score (nSPS) is 12.0. The highest BCUT2D eigenvalue weighted by atomic mass is 16.3. The quantitative estimate of drug-likeness (QED) is 0.726. The Labute approximate surface area is 131 Å². The van der Waals surface area contributed by atoms with Gasteiger partial charge in [-0.1, -0.05) is 20.8 Å². The van der Waals surface area contributed by atoms with Crippen molar-refractivity contribution in [3.8, 4) is 11.5 Å². The topological polar surface area (TPSA) is 65.2 Å². The number of hydrogen-bond acceptors (Lipinski definition) is 4. The van der Waals surface area contributed by atoms with Crippen LogP contribution in [0.15, 0.2) is 40.6 Å². The van der Waals surface area contributed by atoms with Gasteiger partial charge in [0.15, 0.2) is 0 Å². The van der Waals surface area contributed by atoms with E-state index < -0.39 is 0 Å². The Bertz CT molecular complexity index is 729. The van der Waals surface area contributed by atoms with Crippen molar-refractivity contribution in [1.29, 1.82) is 0 Å². The lowest BCUT2D eigenvalue weighted by molar-refractivity contribution is 0.443. The summed E-state index contributed by atoms with van der Waals surface area (Å²) in [6, 6.07) is 8.76. The van der Waals surface area contributed by atoms with Crippen molar-refractivity contribution in [3.63, 3.8) is 0 Å². The third-order valence-corrected chi connectivity index (χ3v) is 3.55. The first-order valence-electron chi connectivity index (χ1n) is 7.24. The SMILES string of the molecule is Cc1cc(N=Nc2cc(C)c(O)c(C(C)(C)C)c2)ccc1O. The van der Waals surface area contributed by atoms with Gasteiger partial charge < -0.3 is 10.2 Å². The van der Waals surface area contributed by atoms with Crippen LogP contribution in [0.2, 0.25) is 0 Å². The van der Waals surface area contributed by atoms with Crippen LogP contribution in [-0.4, -0.2) is 10.2 Å². The van der Waals surface area contributed by atoms with Gasteiger partial charge in [-0.15, -0.1) is 0 Å². The fourth-order valence-electron chi connectivity index (χ4n) is 2.21. The highest BCUT2D eigenvalue weighted by Gasteiger charge is 2.20. The minimum absolute atomic E-state index is 0.171. The summed E-state index contributed by atoms with van der Waals surface area (Å²) in [7, 11) is 0. The number of aromatic hydroxyl groups is 2. The molecular weight excluding hydrogens is 276 g/mol. The summed E-state index contributed by atoms with van der Waals surface area (Å²) in [5.41, 5.74) is 3.60. The Morgan fingerprint density at radius 2 is 1.41 bits per heavy atom. The van der Waals surface area contributed by atoms with Crippen LogP contribution >= 0.6 is 0 Å². The summed E-state index contributed by atoms with van der Waals surface area (Å²) in [5.74, 6) is 0.557. The van der Waals surface area contributed by atoms with E-state index >= 15 is 0 Å². The number of rotatable bonds is 2. The van der Waals surface area contributed by atoms with E-state index in [4.69, 9.17) is 0 Å². The molecule has 2 aromatic rings. The molecule has 0 aliphatic rings. The predicted octanol–water partition coefficient (Wildman–Crippen LogP) is 5.43. The largest absolute Gasteiger partial charge is 0.508 e. The molecule has 0 fully saturated rings. The Morgan fingerprint density at radius 1 is 0.818 bits per heavy atom. The molecule has 0 heterocycles. The third-order valence-electron chi connectivity index (χ3n) is 3.55. The van der Waals surface area contributed by atoms with Gasteiger partial charge in [0.2, 0.25) is 0 Å². The van der Waals surface area contributed by atoms with Gasteiger partial charge in [0.25, 0.3) is 0 Å². The van der Waals surface area contributed by atoms with Crippen molar-refractivity contribution in [3.05, 3.63) is 47.0 Å². The Kier molecular flexibility index (Phi) is 4.22. The van der Waals surface area contributed by atoms with Crippen LogP contribution < -0.4 is 0 Å². The fourth-order valence-corrected chi connectivity index (χ4v) is 2.21. The average molecular weight is 298 g/mol. The zero-order chi connectivity index (χ0) is 16.5. The van der Waals surface area contributed by atoms with E-state index in [1.54, 1.807) is 24.3 Å². The smallest absolute Gasteiger partial charge is 0.122 e. The zero-order valence-electron chi connectivity index (χ0n) is 13.7. The highest BCUT2D eigenvalue weighted by Crippen LogP contribution is 2.36. The number of phenolic OH excluding ortho intramolecular Hbond substituents is 2. The van der Waals surface area contributed by atoms with Gasteiger partial charge in [-0.3, -0.25) is 0 Å². The predicted molar refractivity (Wildman–Crippen MR) is 88.6 cm³/mol. The molecule has 4 heteroatoms. The molecule has 22 heavy (non-hydrogen) atoms. The van der Waals surface area contributed by atoms with Crippen LogP contribution in [0.5, 0.6) is 11.5 Å². The van der Waals surface area contributed by atoms with Gasteiger partial charge in [0.1, 0.15) is 11.5 Å². The molecule has 0 radical (unpaired) electrons. The summed E-state index contributed by atoms with van der Waals surface area (Å²) in [6.45, 7) is 9.81. The molecule has 0 unspecified atom stereocenters. The summed E-state index contributed by atoms with van der Waals surface area (Å²) in [6.07, 6.45) is 0. The molecule has 2 N–H and O–H groups in total. The maximum Gasteiger partial charge on any atom is 0.122 e. The Hall–Kier alpha value is -2.36. The standard InChI is InChI=1S/C18H22N2O2/c1-11-8-13(6-7-16(11)21)19-20-14-9-12(2)17(22)15(10-14)18(3,4)5/h6-10,21-22H,1-5H3. The molecule has 0 saturated carbocycles. The monoisotopic (exact) mass is 298 g/mol. The molecule has 116 valence electrons. The Balaban J connectivity index is 2.39. The third kappa shape index (κ3) is 3.45. The number of azo groups is 1. The van der Waals surface area contributed by atoms with E-state index in [0.717, 1.165) is 16.7 Å². The minimum Gasteiger partial charge on any atom is -0.508 e. The molecule has 0 aromatic heterocycles. The van der Waals surface area contributed by atoms with Crippen molar-refractivity contribution in [2.45, 2.75) is 40.0 Å². The molecular formula is C18H22N2O2. The number of benzene rings is 2. The minimum atomic E-state index is -0.171. The van der Waals surface area contributed by atoms with Crippen molar-refractivity contribution >= 4 is 11.4 Å². The summed E-state index contributed by atoms with van der Waals surface area (Å²) in [5, 5.41) is 28.2. The van der Waals surface area contributed by atoms with Crippen molar-refractivity contribution in [1.82, 2.24) is 0 Å². The van der Waals surface area contributed by atoms with Crippen LogP contribution in [0.4, 0.5) is 11.4 Å². The number of phenols is 2. The van der Waals surface area contributed by atoms with E-state index in [9.17, 15) is 10.2 Å². The van der Waals surface area contributed by atoms with E-state index in [1.165, 1.54) is 0 Å². The van der Waals surface area contributed by atoms with E-state index in [0.29, 0.717) is 17.1 Å². The first kappa shape index (κ1) is 16.0. The lowest BCUT2D eigenvalue weighted by atomic mass is 9.85. The number of aryl methyl sites for hydroxylation is 2. The van der Waals surface area contributed by atoms with E-state index in [2.05, 4.69) is 10.2 Å². The molecule has 0 spiro atoms. The van der Waals surface area contributed by atoms with Crippen LogP contribution in [0.1, 0.15) is 37.5 Å². The molecule has 0 aliphatic carbocycles. The van der Waals surface area contributed by atoms with Crippen LogP contribution in [-0.2, 0) is 5.41 Å². The van der Waals surface area contributed by atoms with Crippen LogP contribution in [0.3, 0.4) is 0 Å². The van der Waals surface area contributed by atoms with Crippen molar-refractivity contribution < 1.29 is 10.2 Å². The molecule has 2 rings (SSSR count).